The number of amides is 1. The van der Waals surface area contributed by atoms with Gasteiger partial charge in [0, 0.05) is 30.4 Å². The third-order valence-electron chi connectivity index (χ3n) is 6.59. The van der Waals surface area contributed by atoms with Gasteiger partial charge in [-0.15, -0.1) is 0 Å². The number of carbonyl (C=O) groups excluding carboxylic acids is 3. The van der Waals surface area contributed by atoms with Crippen LogP contribution in [-0.4, -0.2) is 30.3 Å². The lowest BCUT2D eigenvalue weighted by Crippen LogP contribution is -2.43. The Morgan fingerprint density at radius 3 is 2.67 bits per heavy atom. The fourth-order valence-electron chi connectivity index (χ4n) is 4.74. The van der Waals surface area contributed by atoms with Crippen LogP contribution in [-0.2, 0) is 20.8 Å². The summed E-state index contributed by atoms with van der Waals surface area (Å²) in [4.78, 5) is 36.2. The zero-order valence-corrected chi connectivity index (χ0v) is 20.2. The predicted molar refractivity (Wildman–Crippen MR) is 128 cm³/mol. The van der Waals surface area contributed by atoms with Gasteiger partial charge in [-0.1, -0.05) is 39.3 Å². The third kappa shape index (κ3) is 6.68. The first-order valence-electron chi connectivity index (χ1n) is 12.4. The molecule has 1 amide bonds. The van der Waals surface area contributed by atoms with E-state index in [2.05, 4.69) is 30.5 Å². The number of Topliss-reactive ketones (excluding diaryl/α,β-unsaturated/α-hetero) is 1. The Kier molecular flexibility index (Phi) is 9.10. The van der Waals surface area contributed by atoms with Gasteiger partial charge in [-0.05, 0) is 55.7 Å². The van der Waals surface area contributed by atoms with Gasteiger partial charge in [0.2, 0.25) is 5.91 Å². The number of fused-ring (bicyclic) bond motifs is 3. The van der Waals surface area contributed by atoms with Crippen LogP contribution in [0.4, 0.5) is 0 Å². The maximum atomic E-state index is 12.3. The molecule has 6 nitrogen and oxygen atoms in total. The predicted octanol–water partition coefficient (Wildman–Crippen LogP) is 5.03. The molecular formula is C27H37NO5. The number of rotatable bonds is 10. The highest BCUT2D eigenvalue weighted by Gasteiger charge is 2.39. The van der Waals surface area contributed by atoms with Crippen molar-refractivity contribution in [3.05, 3.63) is 35.4 Å². The van der Waals surface area contributed by atoms with Crippen molar-refractivity contribution in [3.8, 4) is 11.5 Å². The van der Waals surface area contributed by atoms with Crippen LogP contribution in [0, 0.1) is 5.92 Å². The summed E-state index contributed by atoms with van der Waals surface area (Å²) in [6, 6.07) is 4.03. The molecule has 0 radical (unpaired) electrons. The number of carbonyl (C=O) groups is 3. The quantitative estimate of drug-likeness (QED) is 0.232. The topological polar surface area (TPSA) is 81.7 Å². The number of unbranched alkanes of at least 4 members (excludes halogenated alkanes) is 1. The minimum absolute atomic E-state index is 0.000682. The van der Waals surface area contributed by atoms with Crippen molar-refractivity contribution in [2.24, 2.45) is 5.92 Å². The van der Waals surface area contributed by atoms with Gasteiger partial charge in [-0.2, -0.15) is 0 Å². The number of nitrogens with one attached hydrogen (secondary N) is 1. The maximum absolute atomic E-state index is 12.3. The molecule has 1 fully saturated rings. The maximum Gasteiger partial charge on any atom is 0.310 e. The molecule has 1 unspecified atom stereocenters. The van der Waals surface area contributed by atoms with Gasteiger partial charge in [0.1, 0.15) is 17.3 Å². The van der Waals surface area contributed by atoms with E-state index in [1.165, 1.54) is 0 Å². The molecule has 1 aliphatic carbocycles. The standard InChI is InChI=1S/C27H37NO5/c1-4-7-8-9-10-18-13-23-27(24(14-18)33-26(31)6-3)22-15-20(12-11-19(22)17-32-23)28-25(30)16-21(29)5-2/h8-9,13-14,19-20,22H,4-7,10-12,15-17H2,1-3H3,(H,28,30)/t19-,20?,22-/m1/s1. The van der Waals surface area contributed by atoms with E-state index in [1.54, 1.807) is 13.8 Å². The lowest BCUT2D eigenvalue weighted by Gasteiger charge is -2.41. The highest BCUT2D eigenvalue weighted by atomic mass is 16.5. The van der Waals surface area contributed by atoms with Crippen LogP contribution >= 0.6 is 0 Å². The van der Waals surface area contributed by atoms with Crippen molar-refractivity contribution in [2.75, 3.05) is 6.61 Å². The molecular weight excluding hydrogens is 418 g/mol. The molecule has 1 aromatic rings. The molecule has 1 N–H and O–H groups in total. The zero-order valence-electron chi connectivity index (χ0n) is 20.2. The lowest BCUT2D eigenvalue weighted by atomic mass is 9.72. The minimum atomic E-state index is -0.267. The Labute approximate surface area is 197 Å². The van der Waals surface area contributed by atoms with Crippen LogP contribution in [0.15, 0.2) is 24.3 Å². The molecule has 1 saturated carbocycles. The molecule has 1 aromatic carbocycles. The largest absolute Gasteiger partial charge is 0.493 e. The molecule has 1 heterocycles. The van der Waals surface area contributed by atoms with Crippen LogP contribution in [0.2, 0.25) is 0 Å². The van der Waals surface area contributed by atoms with E-state index in [0.717, 1.165) is 55.4 Å². The number of ketones is 1. The summed E-state index contributed by atoms with van der Waals surface area (Å²) >= 11 is 0. The number of hydrogen-bond acceptors (Lipinski definition) is 5. The number of esters is 1. The van der Waals surface area contributed by atoms with Gasteiger partial charge in [-0.25, -0.2) is 0 Å². The molecule has 0 aromatic heterocycles. The molecule has 0 saturated heterocycles. The summed E-state index contributed by atoms with van der Waals surface area (Å²) < 4.78 is 11.9. The van der Waals surface area contributed by atoms with E-state index in [4.69, 9.17) is 9.47 Å². The molecule has 3 atom stereocenters. The van der Waals surface area contributed by atoms with Gasteiger partial charge in [-0.3, -0.25) is 14.4 Å². The first-order chi connectivity index (χ1) is 15.9. The van der Waals surface area contributed by atoms with Crippen molar-refractivity contribution in [3.63, 3.8) is 0 Å². The van der Waals surface area contributed by atoms with Gasteiger partial charge in [0.05, 0.1) is 13.0 Å². The van der Waals surface area contributed by atoms with Crippen molar-refractivity contribution in [1.29, 1.82) is 0 Å². The van der Waals surface area contributed by atoms with Crippen molar-refractivity contribution in [1.82, 2.24) is 5.32 Å². The summed E-state index contributed by atoms with van der Waals surface area (Å²) in [7, 11) is 0. The summed E-state index contributed by atoms with van der Waals surface area (Å²) in [5.74, 6) is 1.30. The fourth-order valence-corrected chi connectivity index (χ4v) is 4.74. The molecule has 33 heavy (non-hydrogen) atoms. The molecule has 3 rings (SSSR count). The first kappa shape index (κ1) is 25.0. The summed E-state index contributed by atoms with van der Waals surface area (Å²) in [5.41, 5.74) is 2.00. The molecule has 0 bridgehead atoms. The summed E-state index contributed by atoms with van der Waals surface area (Å²) in [6.07, 6.45) is 10.4. The normalized spacial score (nSPS) is 21.6. The Morgan fingerprint density at radius 2 is 1.94 bits per heavy atom. The first-order valence-corrected chi connectivity index (χ1v) is 12.4. The van der Waals surface area contributed by atoms with Gasteiger partial charge >= 0.3 is 5.97 Å². The lowest BCUT2D eigenvalue weighted by molar-refractivity contribution is -0.134. The highest BCUT2D eigenvalue weighted by molar-refractivity contribution is 5.97. The highest BCUT2D eigenvalue weighted by Crippen LogP contribution is 2.49. The fraction of sp³-hybridized carbons (Fsp3) is 0.593. The SMILES string of the molecule is CCCC=CCc1cc2c(c(OC(=O)CC)c1)[C@@H]1CC(NC(=O)CC(=O)CC)CC[C@@H]1CO2. The van der Waals surface area contributed by atoms with E-state index < -0.39 is 0 Å². The van der Waals surface area contributed by atoms with Crippen molar-refractivity contribution >= 4 is 17.7 Å². The zero-order chi connectivity index (χ0) is 23.8. The minimum Gasteiger partial charge on any atom is -0.493 e. The van der Waals surface area contributed by atoms with E-state index in [1.807, 2.05) is 6.07 Å². The van der Waals surface area contributed by atoms with Gasteiger partial charge in [0.15, 0.2) is 0 Å². The van der Waals surface area contributed by atoms with E-state index >= 15 is 0 Å². The Hall–Kier alpha value is -2.63. The molecule has 0 spiro atoms. The molecule has 1 aliphatic heterocycles. The summed E-state index contributed by atoms with van der Waals surface area (Å²) in [6.45, 7) is 6.34. The Morgan fingerprint density at radius 1 is 1.12 bits per heavy atom. The average Bonchev–Trinajstić information content (AvgIpc) is 2.81. The van der Waals surface area contributed by atoms with Crippen LogP contribution < -0.4 is 14.8 Å². The second-order valence-electron chi connectivity index (χ2n) is 9.12. The number of benzene rings is 1. The van der Waals surface area contributed by atoms with Crippen molar-refractivity contribution < 1.29 is 23.9 Å². The Bertz CT molecular complexity index is 891. The number of allylic oxidation sites excluding steroid dienone is 2. The van der Waals surface area contributed by atoms with E-state index in [0.29, 0.717) is 31.1 Å². The third-order valence-corrected chi connectivity index (χ3v) is 6.59. The van der Waals surface area contributed by atoms with Crippen LogP contribution in [0.25, 0.3) is 0 Å². The second kappa shape index (κ2) is 12.0. The van der Waals surface area contributed by atoms with Gasteiger partial charge in [0.25, 0.3) is 0 Å². The van der Waals surface area contributed by atoms with Crippen LogP contribution in [0.3, 0.4) is 0 Å². The number of hydrogen-bond donors (Lipinski definition) is 1. The smallest absolute Gasteiger partial charge is 0.310 e. The molecule has 2 aliphatic rings. The van der Waals surface area contributed by atoms with E-state index in [9.17, 15) is 14.4 Å². The van der Waals surface area contributed by atoms with Crippen LogP contribution in [0.1, 0.15) is 89.2 Å². The van der Waals surface area contributed by atoms with Gasteiger partial charge < -0.3 is 14.8 Å². The summed E-state index contributed by atoms with van der Waals surface area (Å²) in [5, 5.41) is 3.05. The average molecular weight is 456 g/mol. The monoisotopic (exact) mass is 455 g/mol. The van der Waals surface area contributed by atoms with E-state index in [-0.39, 0.29) is 36.0 Å². The van der Waals surface area contributed by atoms with Crippen LogP contribution in [0.5, 0.6) is 11.5 Å². The second-order valence-corrected chi connectivity index (χ2v) is 9.12. The Balaban J connectivity index is 1.83. The number of ether oxygens (including phenoxy) is 2. The molecule has 6 heteroatoms. The van der Waals surface area contributed by atoms with Crippen molar-refractivity contribution in [2.45, 2.75) is 90.5 Å². The molecule has 180 valence electrons.